The van der Waals surface area contributed by atoms with Crippen LogP contribution in [0.15, 0.2) is 12.1 Å². The van der Waals surface area contributed by atoms with Crippen LogP contribution in [0.3, 0.4) is 0 Å². The summed E-state index contributed by atoms with van der Waals surface area (Å²) in [6, 6.07) is 4.42. The third-order valence-electron chi connectivity index (χ3n) is 5.52. The summed E-state index contributed by atoms with van der Waals surface area (Å²) in [6.07, 6.45) is 0. The highest BCUT2D eigenvalue weighted by Gasteiger charge is 2.27. The molecule has 0 unspecified atom stereocenters. The number of amides is 1. The van der Waals surface area contributed by atoms with Gasteiger partial charge in [0.25, 0.3) is 5.91 Å². The Balaban J connectivity index is 1.90. The predicted octanol–water partition coefficient (Wildman–Crippen LogP) is -0.838. The average Bonchev–Trinajstić information content (AvgIpc) is 2.63. The van der Waals surface area contributed by atoms with Gasteiger partial charge in [0.1, 0.15) is 32.7 Å². The molecule has 2 rings (SSSR count). The number of nitrogens with zero attached hydrogens (tertiary/aromatic N) is 1. The van der Waals surface area contributed by atoms with E-state index in [1.165, 1.54) is 16.0 Å². The monoisotopic (exact) mass is 365 g/mol. The molecule has 0 saturated carbocycles. The van der Waals surface area contributed by atoms with Crippen molar-refractivity contribution in [3.63, 3.8) is 0 Å². The van der Waals surface area contributed by atoms with Gasteiger partial charge in [-0.3, -0.25) is 4.79 Å². The summed E-state index contributed by atoms with van der Waals surface area (Å²) in [4.78, 5) is 17.1. The number of hydrogen-bond acceptors (Lipinski definition) is 3. The highest BCUT2D eigenvalue weighted by Crippen LogP contribution is 2.29. The fourth-order valence-electron chi connectivity index (χ4n) is 3.42. The molecule has 1 heterocycles. The normalized spacial score (nSPS) is 20.1. The van der Waals surface area contributed by atoms with Crippen LogP contribution in [0, 0.1) is 6.92 Å². The van der Waals surface area contributed by atoms with E-state index in [9.17, 15) is 4.79 Å². The van der Waals surface area contributed by atoms with Gasteiger partial charge < -0.3 is 24.2 Å². The standard InChI is InChI=1S/C20H33N3O3/c1-15(2)21(4)20(24)14-23-9-7-22(8-10-23)13-17-12-19(26-6)18(25-5)11-16(17)3/h11-12,15H,7-10,13-14H2,1-6H3/p+2. The third-order valence-corrected chi connectivity index (χ3v) is 5.52. The maximum absolute atomic E-state index is 12.3. The first-order valence-electron chi connectivity index (χ1n) is 9.50. The molecule has 1 amide bonds. The van der Waals surface area contributed by atoms with Crippen LogP contribution in [0.25, 0.3) is 0 Å². The molecule has 146 valence electrons. The van der Waals surface area contributed by atoms with Crippen LogP contribution >= 0.6 is 0 Å². The molecule has 0 spiro atoms. The summed E-state index contributed by atoms with van der Waals surface area (Å²) >= 11 is 0. The number of carbonyl (C=O) groups excluding carboxylic acids is 1. The molecule has 26 heavy (non-hydrogen) atoms. The van der Waals surface area contributed by atoms with Crippen molar-refractivity contribution in [3.8, 4) is 11.5 Å². The predicted molar refractivity (Wildman–Crippen MR) is 102 cm³/mol. The number of quaternary nitrogens is 2. The van der Waals surface area contributed by atoms with Crippen molar-refractivity contribution in [1.82, 2.24) is 4.90 Å². The second kappa shape index (κ2) is 9.24. The molecule has 1 aromatic rings. The van der Waals surface area contributed by atoms with Gasteiger partial charge in [-0.05, 0) is 38.5 Å². The van der Waals surface area contributed by atoms with E-state index in [0.717, 1.165) is 44.2 Å². The average molecular weight is 366 g/mol. The zero-order chi connectivity index (χ0) is 19.3. The zero-order valence-electron chi connectivity index (χ0n) is 17.1. The van der Waals surface area contributed by atoms with E-state index in [2.05, 4.69) is 32.9 Å². The van der Waals surface area contributed by atoms with Crippen molar-refractivity contribution in [2.45, 2.75) is 33.4 Å². The topological polar surface area (TPSA) is 47.7 Å². The Morgan fingerprint density at radius 3 is 2.15 bits per heavy atom. The minimum atomic E-state index is 0.245. The van der Waals surface area contributed by atoms with Gasteiger partial charge in [-0.15, -0.1) is 0 Å². The van der Waals surface area contributed by atoms with E-state index in [0.29, 0.717) is 6.54 Å². The first-order valence-corrected chi connectivity index (χ1v) is 9.50. The molecule has 1 aliphatic rings. The number of piperazine rings is 1. The van der Waals surface area contributed by atoms with E-state index in [1.807, 2.05) is 11.9 Å². The van der Waals surface area contributed by atoms with Gasteiger partial charge in [0.05, 0.1) is 14.2 Å². The Labute approximate surface area is 157 Å². The van der Waals surface area contributed by atoms with Gasteiger partial charge in [-0.2, -0.15) is 0 Å². The lowest BCUT2D eigenvalue weighted by molar-refractivity contribution is -1.02. The maximum atomic E-state index is 12.3. The third kappa shape index (κ3) is 5.11. The van der Waals surface area contributed by atoms with Crippen LogP contribution in [0.1, 0.15) is 25.0 Å². The van der Waals surface area contributed by atoms with Gasteiger partial charge in [0, 0.05) is 18.7 Å². The Bertz CT molecular complexity index is 611. The molecule has 2 N–H and O–H groups in total. The van der Waals surface area contributed by atoms with E-state index in [4.69, 9.17) is 9.47 Å². The molecule has 0 aromatic heterocycles. The molecule has 6 nitrogen and oxygen atoms in total. The van der Waals surface area contributed by atoms with Gasteiger partial charge in [0.15, 0.2) is 18.0 Å². The van der Waals surface area contributed by atoms with Crippen LogP contribution in [0.2, 0.25) is 0 Å². The largest absolute Gasteiger partial charge is 0.493 e. The summed E-state index contributed by atoms with van der Waals surface area (Å²) in [5.41, 5.74) is 2.54. The summed E-state index contributed by atoms with van der Waals surface area (Å²) in [6.45, 7) is 12.1. The molecule has 0 bridgehead atoms. The van der Waals surface area contributed by atoms with Crippen molar-refractivity contribution >= 4 is 5.91 Å². The lowest BCUT2D eigenvalue weighted by Gasteiger charge is -2.31. The molecule has 1 aromatic carbocycles. The van der Waals surface area contributed by atoms with Crippen LogP contribution in [-0.2, 0) is 11.3 Å². The molecule has 1 fully saturated rings. The molecule has 1 aliphatic heterocycles. The second-order valence-electron chi connectivity index (χ2n) is 7.59. The lowest BCUT2D eigenvalue weighted by atomic mass is 10.1. The number of nitrogens with one attached hydrogen (secondary N) is 2. The molecular weight excluding hydrogens is 330 g/mol. The minimum Gasteiger partial charge on any atom is -0.493 e. The fraction of sp³-hybridized carbons (Fsp3) is 0.650. The highest BCUT2D eigenvalue weighted by atomic mass is 16.5. The number of likely N-dealkylation sites (N-methyl/N-ethyl adjacent to an activating group) is 1. The Morgan fingerprint density at radius 1 is 1.08 bits per heavy atom. The maximum Gasteiger partial charge on any atom is 0.277 e. The van der Waals surface area contributed by atoms with E-state index >= 15 is 0 Å². The van der Waals surface area contributed by atoms with Crippen LogP contribution < -0.4 is 19.3 Å². The SMILES string of the molecule is COc1cc(C)c(C[NH+]2CC[NH+](CC(=O)N(C)C(C)C)CC2)cc1OC. The van der Waals surface area contributed by atoms with Crippen LogP contribution in [-0.4, -0.2) is 70.8 Å². The number of methoxy groups -OCH3 is 2. The highest BCUT2D eigenvalue weighted by molar-refractivity contribution is 5.77. The summed E-state index contributed by atoms with van der Waals surface area (Å²) in [5, 5.41) is 0. The Kier molecular flexibility index (Phi) is 7.29. The number of rotatable bonds is 7. The van der Waals surface area contributed by atoms with Crippen molar-refractivity contribution in [2.75, 3.05) is 54.0 Å². The van der Waals surface area contributed by atoms with Gasteiger partial charge >= 0.3 is 0 Å². The number of ether oxygens (including phenoxy) is 2. The molecule has 0 radical (unpaired) electrons. The zero-order valence-corrected chi connectivity index (χ0v) is 17.1. The van der Waals surface area contributed by atoms with Crippen LogP contribution in [0.4, 0.5) is 0 Å². The fourth-order valence-corrected chi connectivity index (χ4v) is 3.42. The molecule has 0 atom stereocenters. The molecular formula is C20H35N3O3+2. The number of aryl methyl sites for hydroxylation is 1. The van der Waals surface area contributed by atoms with Crippen molar-refractivity contribution in [2.24, 2.45) is 0 Å². The van der Waals surface area contributed by atoms with Gasteiger partial charge in [-0.25, -0.2) is 0 Å². The van der Waals surface area contributed by atoms with Crippen LogP contribution in [0.5, 0.6) is 11.5 Å². The quantitative estimate of drug-likeness (QED) is 0.663. The Hall–Kier alpha value is -1.79. The van der Waals surface area contributed by atoms with E-state index < -0.39 is 0 Å². The smallest absolute Gasteiger partial charge is 0.277 e. The number of hydrogen-bond donors (Lipinski definition) is 2. The Morgan fingerprint density at radius 2 is 1.62 bits per heavy atom. The second-order valence-corrected chi connectivity index (χ2v) is 7.59. The molecule has 6 heteroatoms. The first kappa shape index (κ1) is 20.5. The number of benzene rings is 1. The van der Waals surface area contributed by atoms with Crippen molar-refractivity contribution < 1.29 is 24.1 Å². The van der Waals surface area contributed by atoms with Gasteiger partial charge in [-0.1, -0.05) is 0 Å². The summed E-state index contributed by atoms with van der Waals surface area (Å²) < 4.78 is 10.8. The van der Waals surface area contributed by atoms with Gasteiger partial charge in [0.2, 0.25) is 0 Å². The first-order chi connectivity index (χ1) is 12.3. The minimum absolute atomic E-state index is 0.245. The van der Waals surface area contributed by atoms with E-state index in [1.54, 1.807) is 19.1 Å². The molecule has 0 aliphatic carbocycles. The number of carbonyl (C=O) groups is 1. The van der Waals surface area contributed by atoms with Crippen molar-refractivity contribution in [1.29, 1.82) is 0 Å². The van der Waals surface area contributed by atoms with Crippen molar-refractivity contribution in [3.05, 3.63) is 23.3 Å². The summed E-state index contributed by atoms with van der Waals surface area (Å²) in [5.74, 6) is 1.82. The molecule has 1 saturated heterocycles. The lowest BCUT2D eigenvalue weighted by Crippen LogP contribution is -3.28. The van der Waals surface area contributed by atoms with E-state index in [-0.39, 0.29) is 11.9 Å². The summed E-state index contributed by atoms with van der Waals surface area (Å²) in [7, 11) is 5.24.